The monoisotopic (exact) mass is 466 g/mol. The maximum Gasteiger partial charge on any atom is 0.416 e. The molecule has 3 rings (SSSR count). The highest BCUT2D eigenvalue weighted by molar-refractivity contribution is 6.00. The van der Waals surface area contributed by atoms with Gasteiger partial charge in [-0.15, -0.1) is 0 Å². The number of alkyl halides is 3. The first-order chi connectivity index (χ1) is 15.1. The van der Waals surface area contributed by atoms with Crippen molar-refractivity contribution in [2.45, 2.75) is 84.0 Å². The third kappa shape index (κ3) is 6.59. The average Bonchev–Trinajstić information content (AvgIpc) is 3.04. The smallest absolute Gasteiger partial charge is 0.416 e. The van der Waals surface area contributed by atoms with Crippen LogP contribution >= 0.6 is 0 Å². The van der Waals surface area contributed by atoms with Gasteiger partial charge >= 0.3 is 6.18 Å². The second-order valence-corrected chi connectivity index (χ2v) is 10.7. The third-order valence-electron chi connectivity index (χ3n) is 5.82. The molecule has 0 radical (unpaired) electrons. The summed E-state index contributed by atoms with van der Waals surface area (Å²) in [5.41, 5.74) is -0.969. The fourth-order valence-electron chi connectivity index (χ4n) is 3.61. The van der Waals surface area contributed by atoms with Crippen LogP contribution in [0.25, 0.3) is 0 Å². The summed E-state index contributed by atoms with van der Waals surface area (Å²) in [7, 11) is 0. The van der Waals surface area contributed by atoms with E-state index in [4.69, 9.17) is 9.84 Å². The first-order valence-electron chi connectivity index (χ1n) is 11.3. The van der Waals surface area contributed by atoms with Gasteiger partial charge in [-0.05, 0) is 56.9 Å². The van der Waals surface area contributed by atoms with Gasteiger partial charge in [-0.25, -0.2) is 0 Å². The molecule has 1 N–H and O–H groups in total. The Hall–Kier alpha value is -2.35. The number of hydrogen-bond acceptors (Lipinski definition) is 4. The summed E-state index contributed by atoms with van der Waals surface area (Å²) < 4.78 is 47.4. The number of nitrogens with zero attached hydrogens (tertiary/aromatic N) is 2. The largest absolute Gasteiger partial charge is 0.490 e. The fraction of sp³-hybridized carbons (Fsp3) is 0.600. The van der Waals surface area contributed by atoms with Gasteiger partial charge in [0, 0.05) is 17.7 Å². The molecule has 1 heterocycles. The highest BCUT2D eigenvalue weighted by atomic mass is 19.4. The highest BCUT2D eigenvalue weighted by Crippen LogP contribution is 2.34. The zero-order valence-electron chi connectivity index (χ0n) is 19.9. The van der Waals surface area contributed by atoms with E-state index in [0.29, 0.717) is 18.2 Å². The van der Waals surface area contributed by atoms with Gasteiger partial charge in [0.25, 0.3) is 0 Å². The first kappa shape index (κ1) is 25.3. The van der Waals surface area contributed by atoms with Crippen molar-refractivity contribution >= 4 is 5.78 Å². The summed E-state index contributed by atoms with van der Waals surface area (Å²) >= 11 is 0. The van der Waals surface area contributed by atoms with Crippen LogP contribution in [0.5, 0.6) is 5.75 Å². The van der Waals surface area contributed by atoms with Gasteiger partial charge in [0.05, 0.1) is 28.8 Å². The van der Waals surface area contributed by atoms with E-state index in [2.05, 4.69) is 0 Å². The van der Waals surface area contributed by atoms with Crippen molar-refractivity contribution in [2.24, 2.45) is 5.92 Å². The van der Waals surface area contributed by atoms with E-state index < -0.39 is 23.1 Å². The Labute approximate surface area is 192 Å². The van der Waals surface area contributed by atoms with Crippen molar-refractivity contribution in [3.05, 3.63) is 46.8 Å². The summed E-state index contributed by atoms with van der Waals surface area (Å²) in [5.74, 6) is 0.0455. The van der Waals surface area contributed by atoms with Gasteiger partial charge < -0.3 is 9.84 Å². The molecule has 0 spiro atoms. The molecule has 0 saturated heterocycles. The SMILES string of the molecule is CC(C)(O)COc1ccc(C(F)(F)F)cc1C(=O)Cc1cc(C(C)(C)C)nn1CC1CCC1. The van der Waals surface area contributed by atoms with Crippen LogP contribution in [0.1, 0.15) is 81.2 Å². The minimum Gasteiger partial charge on any atom is -0.490 e. The molecule has 1 saturated carbocycles. The molecule has 0 aliphatic heterocycles. The van der Waals surface area contributed by atoms with Crippen molar-refractivity contribution in [1.29, 1.82) is 0 Å². The number of ketones is 1. The van der Waals surface area contributed by atoms with Crippen LogP contribution in [0.4, 0.5) is 13.2 Å². The van der Waals surface area contributed by atoms with Crippen LogP contribution in [0.3, 0.4) is 0 Å². The second kappa shape index (κ2) is 9.12. The lowest BCUT2D eigenvalue weighted by Crippen LogP contribution is -2.28. The molecule has 1 aromatic heterocycles. The summed E-state index contributed by atoms with van der Waals surface area (Å²) in [6.07, 6.45) is -1.27. The van der Waals surface area contributed by atoms with Gasteiger partial charge in [-0.2, -0.15) is 18.3 Å². The lowest BCUT2D eigenvalue weighted by atomic mass is 9.85. The van der Waals surface area contributed by atoms with Gasteiger partial charge in [0.2, 0.25) is 0 Å². The number of carbonyl (C=O) groups excluding carboxylic acids is 1. The zero-order valence-corrected chi connectivity index (χ0v) is 19.9. The molecule has 0 bridgehead atoms. The lowest BCUT2D eigenvalue weighted by molar-refractivity contribution is -0.137. The molecule has 8 heteroatoms. The normalized spacial score (nSPS) is 15.4. The van der Waals surface area contributed by atoms with Crippen LogP contribution in [0.15, 0.2) is 24.3 Å². The minimum absolute atomic E-state index is 0.0243. The number of benzene rings is 1. The topological polar surface area (TPSA) is 64.3 Å². The predicted octanol–water partition coefficient (Wildman–Crippen LogP) is 5.57. The number of halogens is 3. The molecule has 1 aromatic carbocycles. The minimum atomic E-state index is -4.59. The van der Waals surface area contributed by atoms with Crippen molar-refractivity contribution in [3.8, 4) is 5.75 Å². The molecule has 0 unspecified atom stereocenters. The van der Waals surface area contributed by atoms with Gasteiger partial charge in [-0.3, -0.25) is 9.48 Å². The molecular formula is C25H33F3N2O3. The van der Waals surface area contributed by atoms with Crippen molar-refractivity contribution in [3.63, 3.8) is 0 Å². The Morgan fingerprint density at radius 2 is 1.82 bits per heavy atom. The average molecular weight is 467 g/mol. The van der Waals surface area contributed by atoms with Gasteiger partial charge in [0.15, 0.2) is 5.78 Å². The molecular weight excluding hydrogens is 433 g/mol. The number of hydrogen-bond donors (Lipinski definition) is 1. The number of rotatable bonds is 8. The van der Waals surface area contributed by atoms with Crippen molar-refractivity contribution < 1.29 is 27.8 Å². The standard InChI is InChI=1S/C25H33F3N2O3/c1-23(2,3)22-13-18(30(29-22)14-16-7-6-8-16)12-20(31)19-11-17(25(26,27)28)9-10-21(19)33-15-24(4,5)32/h9-11,13,16,32H,6-8,12,14-15H2,1-5H3. The molecule has 33 heavy (non-hydrogen) atoms. The number of aliphatic hydroxyl groups is 1. The summed E-state index contributed by atoms with van der Waals surface area (Å²) in [6, 6.07) is 4.74. The fourth-order valence-corrected chi connectivity index (χ4v) is 3.61. The van der Waals surface area contributed by atoms with Crippen molar-refractivity contribution in [1.82, 2.24) is 9.78 Å². The molecule has 2 aromatic rings. The Kier molecular flexibility index (Phi) is 6.99. The summed E-state index contributed by atoms with van der Waals surface area (Å²) in [6.45, 7) is 9.67. The van der Waals surface area contributed by atoms with E-state index >= 15 is 0 Å². The van der Waals surface area contributed by atoms with E-state index in [1.807, 2.05) is 31.5 Å². The number of aromatic nitrogens is 2. The Morgan fingerprint density at radius 3 is 2.33 bits per heavy atom. The summed E-state index contributed by atoms with van der Waals surface area (Å²) in [5, 5.41) is 14.7. The molecule has 1 fully saturated rings. The van der Waals surface area contributed by atoms with Crippen LogP contribution in [0, 0.1) is 5.92 Å². The van der Waals surface area contributed by atoms with Crippen molar-refractivity contribution in [2.75, 3.05) is 6.61 Å². The van der Waals surface area contributed by atoms with Gasteiger partial charge in [0.1, 0.15) is 12.4 Å². The molecule has 1 aliphatic rings. The van der Waals surface area contributed by atoms with Crippen LogP contribution in [0.2, 0.25) is 0 Å². The maximum atomic E-state index is 13.3. The van der Waals surface area contributed by atoms with E-state index in [1.165, 1.54) is 20.3 Å². The van der Waals surface area contributed by atoms with Crippen LogP contribution < -0.4 is 4.74 Å². The number of ether oxygens (including phenoxy) is 1. The Bertz CT molecular complexity index is 994. The Morgan fingerprint density at radius 1 is 1.15 bits per heavy atom. The third-order valence-corrected chi connectivity index (χ3v) is 5.82. The quantitative estimate of drug-likeness (QED) is 0.516. The van der Waals surface area contributed by atoms with E-state index in [1.54, 1.807) is 0 Å². The second-order valence-electron chi connectivity index (χ2n) is 10.7. The van der Waals surface area contributed by atoms with Gasteiger partial charge in [-0.1, -0.05) is 27.2 Å². The highest BCUT2D eigenvalue weighted by Gasteiger charge is 2.33. The maximum absolute atomic E-state index is 13.3. The van der Waals surface area contributed by atoms with E-state index in [0.717, 1.165) is 36.7 Å². The Balaban J connectivity index is 1.94. The van der Waals surface area contributed by atoms with E-state index in [9.17, 15) is 23.1 Å². The number of carbonyl (C=O) groups is 1. The molecule has 182 valence electrons. The number of Topliss-reactive ketones (excluding diaryl/α,β-unsaturated/α-hetero) is 1. The lowest BCUT2D eigenvalue weighted by Gasteiger charge is -2.26. The summed E-state index contributed by atoms with van der Waals surface area (Å²) in [4.78, 5) is 13.3. The van der Waals surface area contributed by atoms with Crippen LogP contribution in [-0.2, 0) is 24.6 Å². The van der Waals surface area contributed by atoms with Crippen LogP contribution in [-0.4, -0.2) is 32.9 Å². The zero-order chi connectivity index (χ0) is 24.6. The molecule has 0 atom stereocenters. The molecule has 0 amide bonds. The van der Waals surface area contributed by atoms with E-state index in [-0.39, 0.29) is 29.8 Å². The first-order valence-corrected chi connectivity index (χ1v) is 11.3. The predicted molar refractivity (Wildman–Crippen MR) is 120 cm³/mol. The molecule has 5 nitrogen and oxygen atoms in total. The molecule has 1 aliphatic carbocycles.